The van der Waals surface area contributed by atoms with Gasteiger partial charge in [-0.15, -0.1) is 0 Å². The molecule has 1 aromatic heterocycles. The highest BCUT2D eigenvalue weighted by Gasteiger charge is 2.31. The number of fused-ring (bicyclic) bond motifs is 1. The normalized spacial score (nSPS) is 15.5. The SMILES string of the molecule is CCOC(=O)c1c(C(c2ccccc2)c2ccc(OCc3ccccc3)cc2)c2ccccc2n1CCC1CCCN1. The van der Waals surface area contributed by atoms with E-state index in [0.717, 1.165) is 58.4 Å². The van der Waals surface area contributed by atoms with Gasteiger partial charge in [0.25, 0.3) is 0 Å². The van der Waals surface area contributed by atoms with Crippen molar-refractivity contribution in [2.24, 2.45) is 0 Å². The Hall–Kier alpha value is -4.35. The van der Waals surface area contributed by atoms with Gasteiger partial charge >= 0.3 is 5.97 Å². The maximum absolute atomic E-state index is 13.8. The molecule has 214 valence electrons. The molecule has 1 aliphatic heterocycles. The minimum Gasteiger partial charge on any atom is -0.489 e. The maximum atomic E-state index is 13.8. The summed E-state index contributed by atoms with van der Waals surface area (Å²) in [5.41, 5.74) is 6.06. The Balaban J connectivity index is 1.44. The van der Waals surface area contributed by atoms with E-state index in [-0.39, 0.29) is 11.9 Å². The van der Waals surface area contributed by atoms with E-state index in [9.17, 15) is 4.79 Å². The van der Waals surface area contributed by atoms with Crippen LogP contribution in [-0.2, 0) is 17.9 Å². The Kier molecular flexibility index (Phi) is 8.67. The molecule has 1 fully saturated rings. The summed E-state index contributed by atoms with van der Waals surface area (Å²) in [7, 11) is 0. The number of nitrogens with one attached hydrogen (secondary N) is 1. The molecule has 0 radical (unpaired) electrons. The Morgan fingerprint density at radius 2 is 1.57 bits per heavy atom. The zero-order chi connectivity index (χ0) is 28.7. The minimum atomic E-state index is -0.271. The topological polar surface area (TPSA) is 52.5 Å². The van der Waals surface area contributed by atoms with Crippen LogP contribution in [0.15, 0.2) is 109 Å². The van der Waals surface area contributed by atoms with Crippen molar-refractivity contribution in [2.45, 2.75) is 51.3 Å². The third-order valence-corrected chi connectivity index (χ3v) is 8.23. The molecule has 6 rings (SSSR count). The van der Waals surface area contributed by atoms with E-state index in [2.05, 4.69) is 82.7 Å². The van der Waals surface area contributed by atoms with Crippen molar-refractivity contribution in [3.8, 4) is 5.75 Å². The van der Waals surface area contributed by atoms with E-state index in [0.29, 0.717) is 24.9 Å². The number of carbonyl (C=O) groups excluding carboxylic acids is 1. The lowest BCUT2D eigenvalue weighted by Gasteiger charge is -2.21. The maximum Gasteiger partial charge on any atom is 0.355 e. The van der Waals surface area contributed by atoms with Gasteiger partial charge in [-0.05, 0) is 67.6 Å². The van der Waals surface area contributed by atoms with Crippen molar-refractivity contribution in [1.82, 2.24) is 9.88 Å². The van der Waals surface area contributed by atoms with Crippen molar-refractivity contribution in [2.75, 3.05) is 13.2 Å². The van der Waals surface area contributed by atoms with E-state index in [1.165, 1.54) is 12.8 Å². The van der Waals surface area contributed by atoms with E-state index in [1.807, 2.05) is 43.3 Å². The molecule has 4 aromatic carbocycles. The minimum absolute atomic E-state index is 0.162. The molecule has 0 spiro atoms. The number of aryl methyl sites for hydroxylation is 1. The standard InChI is InChI=1S/C37H38N2O3/c1-2-41-37(40)36-35(32-17-9-10-18-33(32)39(36)25-23-30-16-11-24-38-30)34(28-14-7-4-8-15-28)29-19-21-31(22-20-29)42-26-27-12-5-3-6-13-27/h3-10,12-15,17-22,30,34,38H,2,11,16,23-26H2,1H3. The molecule has 0 bridgehead atoms. The van der Waals surface area contributed by atoms with Crippen LogP contribution in [0.2, 0.25) is 0 Å². The molecule has 42 heavy (non-hydrogen) atoms. The molecule has 1 aliphatic rings. The van der Waals surface area contributed by atoms with Crippen molar-refractivity contribution < 1.29 is 14.3 Å². The van der Waals surface area contributed by atoms with Gasteiger partial charge in [-0.2, -0.15) is 0 Å². The zero-order valence-electron chi connectivity index (χ0n) is 24.2. The van der Waals surface area contributed by atoms with Crippen molar-refractivity contribution in [3.05, 3.63) is 137 Å². The van der Waals surface area contributed by atoms with Crippen molar-refractivity contribution in [3.63, 3.8) is 0 Å². The lowest BCUT2D eigenvalue weighted by Crippen LogP contribution is -2.24. The second kappa shape index (κ2) is 13.1. The quantitative estimate of drug-likeness (QED) is 0.169. The Morgan fingerprint density at radius 3 is 2.29 bits per heavy atom. The molecule has 0 aliphatic carbocycles. The Bertz CT molecular complexity index is 1600. The molecule has 5 aromatic rings. The second-order valence-corrected chi connectivity index (χ2v) is 10.9. The highest BCUT2D eigenvalue weighted by molar-refractivity contribution is 6.00. The van der Waals surface area contributed by atoms with Crippen LogP contribution in [0.25, 0.3) is 10.9 Å². The first-order valence-corrected chi connectivity index (χ1v) is 15.1. The molecular formula is C37H38N2O3. The largest absolute Gasteiger partial charge is 0.489 e. The number of carbonyl (C=O) groups is 1. The molecule has 2 atom stereocenters. The molecular weight excluding hydrogens is 520 g/mol. The van der Waals surface area contributed by atoms with E-state index in [4.69, 9.17) is 9.47 Å². The van der Waals surface area contributed by atoms with Crippen LogP contribution in [0.1, 0.15) is 64.8 Å². The van der Waals surface area contributed by atoms with Gasteiger partial charge in [-0.1, -0.05) is 91.0 Å². The van der Waals surface area contributed by atoms with Gasteiger partial charge in [0.1, 0.15) is 18.1 Å². The van der Waals surface area contributed by atoms with Gasteiger partial charge < -0.3 is 19.4 Å². The molecule has 2 unspecified atom stereocenters. The van der Waals surface area contributed by atoms with Gasteiger partial charge in [0.2, 0.25) is 0 Å². The summed E-state index contributed by atoms with van der Waals surface area (Å²) in [6.07, 6.45) is 3.34. The summed E-state index contributed by atoms with van der Waals surface area (Å²) in [4.78, 5) is 13.8. The number of para-hydroxylation sites is 1. The van der Waals surface area contributed by atoms with Gasteiger partial charge in [-0.25, -0.2) is 4.79 Å². The Labute approximate surface area is 248 Å². The first kappa shape index (κ1) is 27.8. The fraction of sp³-hybridized carbons (Fsp3) is 0.270. The third kappa shape index (κ3) is 5.97. The fourth-order valence-electron chi connectivity index (χ4n) is 6.23. The number of hydrogen-bond acceptors (Lipinski definition) is 4. The zero-order valence-corrected chi connectivity index (χ0v) is 24.2. The summed E-state index contributed by atoms with van der Waals surface area (Å²) >= 11 is 0. The third-order valence-electron chi connectivity index (χ3n) is 8.23. The molecule has 0 amide bonds. The monoisotopic (exact) mass is 558 g/mol. The summed E-state index contributed by atoms with van der Waals surface area (Å²) in [6.45, 7) is 4.52. The highest BCUT2D eigenvalue weighted by Crippen LogP contribution is 2.41. The fourth-order valence-corrected chi connectivity index (χ4v) is 6.23. The number of aromatic nitrogens is 1. The van der Waals surface area contributed by atoms with E-state index >= 15 is 0 Å². The van der Waals surface area contributed by atoms with Crippen LogP contribution in [0.3, 0.4) is 0 Å². The molecule has 1 saturated heterocycles. The van der Waals surface area contributed by atoms with E-state index < -0.39 is 0 Å². The first-order chi connectivity index (χ1) is 20.7. The second-order valence-electron chi connectivity index (χ2n) is 10.9. The lowest BCUT2D eigenvalue weighted by molar-refractivity contribution is 0.0512. The number of rotatable bonds is 11. The first-order valence-electron chi connectivity index (χ1n) is 15.1. The number of ether oxygens (including phenoxy) is 2. The molecule has 0 saturated carbocycles. The van der Waals surface area contributed by atoms with Crippen LogP contribution in [0.4, 0.5) is 0 Å². The van der Waals surface area contributed by atoms with Crippen LogP contribution in [-0.4, -0.2) is 29.7 Å². The average molecular weight is 559 g/mol. The van der Waals surface area contributed by atoms with Crippen LogP contribution >= 0.6 is 0 Å². The predicted octanol–water partition coefficient (Wildman–Crippen LogP) is 7.72. The molecule has 5 heteroatoms. The number of benzene rings is 4. The van der Waals surface area contributed by atoms with E-state index in [1.54, 1.807) is 0 Å². The summed E-state index contributed by atoms with van der Waals surface area (Å²) < 4.78 is 14.0. The van der Waals surface area contributed by atoms with Crippen LogP contribution < -0.4 is 10.1 Å². The number of hydrogen-bond donors (Lipinski definition) is 1. The molecule has 2 heterocycles. The van der Waals surface area contributed by atoms with Gasteiger partial charge in [-0.3, -0.25) is 0 Å². The average Bonchev–Trinajstić information content (AvgIpc) is 3.67. The summed E-state index contributed by atoms with van der Waals surface area (Å²) in [5, 5.41) is 4.70. The number of esters is 1. The van der Waals surface area contributed by atoms with Gasteiger partial charge in [0.15, 0.2) is 0 Å². The number of nitrogens with zero attached hydrogens (tertiary/aromatic N) is 1. The molecule has 5 nitrogen and oxygen atoms in total. The van der Waals surface area contributed by atoms with Crippen LogP contribution in [0.5, 0.6) is 5.75 Å². The lowest BCUT2D eigenvalue weighted by atomic mass is 9.83. The summed E-state index contributed by atoms with van der Waals surface area (Å²) in [5.74, 6) is 0.378. The smallest absolute Gasteiger partial charge is 0.355 e. The summed E-state index contributed by atoms with van der Waals surface area (Å²) in [6, 6.07) is 37.8. The molecule has 1 N–H and O–H groups in total. The van der Waals surface area contributed by atoms with Gasteiger partial charge in [0, 0.05) is 35.0 Å². The van der Waals surface area contributed by atoms with Crippen LogP contribution in [0, 0.1) is 0 Å². The Morgan fingerprint density at radius 1 is 0.881 bits per heavy atom. The predicted molar refractivity (Wildman–Crippen MR) is 168 cm³/mol. The van der Waals surface area contributed by atoms with Crippen molar-refractivity contribution >= 4 is 16.9 Å². The van der Waals surface area contributed by atoms with Crippen molar-refractivity contribution in [1.29, 1.82) is 0 Å². The highest BCUT2D eigenvalue weighted by atomic mass is 16.5. The van der Waals surface area contributed by atoms with Gasteiger partial charge in [0.05, 0.1) is 6.61 Å².